The highest BCUT2D eigenvalue weighted by molar-refractivity contribution is 6.06. The van der Waals surface area contributed by atoms with Gasteiger partial charge in [0, 0.05) is 63.1 Å². The third kappa shape index (κ3) is 6.48. The number of aromatic amines is 1. The number of benzene rings is 1. The quantitative estimate of drug-likeness (QED) is 0.373. The number of carbonyl (C=O) groups excluding carboxylic acids is 1. The molecular formula is C26H37N5O4. The number of pyridine rings is 1. The third-order valence-electron chi connectivity index (χ3n) is 6.76. The van der Waals surface area contributed by atoms with Gasteiger partial charge in [0.2, 0.25) is 0 Å². The van der Waals surface area contributed by atoms with Crippen molar-refractivity contribution in [2.45, 2.75) is 38.6 Å². The molecule has 9 heteroatoms. The normalized spacial score (nSPS) is 17.8. The van der Waals surface area contributed by atoms with Crippen LogP contribution in [0.5, 0.6) is 0 Å². The van der Waals surface area contributed by atoms with Crippen LogP contribution in [0.25, 0.3) is 10.9 Å². The minimum absolute atomic E-state index is 0.0929. The number of carbonyl (C=O) groups is 1. The molecule has 9 nitrogen and oxygen atoms in total. The molecule has 3 N–H and O–H groups in total. The van der Waals surface area contributed by atoms with Crippen molar-refractivity contribution < 1.29 is 14.3 Å². The van der Waals surface area contributed by atoms with Crippen LogP contribution in [0.4, 0.5) is 5.69 Å². The fourth-order valence-electron chi connectivity index (χ4n) is 4.75. The van der Waals surface area contributed by atoms with E-state index in [1.165, 1.54) is 0 Å². The van der Waals surface area contributed by atoms with Crippen molar-refractivity contribution in [2.75, 3.05) is 65.0 Å². The summed E-state index contributed by atoms with van der Waals surface area (Å²) in [5, 5.41) is 7.45. The van der Waals surface area contributed by atoms with Crippen molar-refractivity contribution in [3.05, 3.63) is 39.2 Å². The van der Waals surface area contributed by atoms with Crippen LogP contribution in [-0.2, 0) is 9.47 Å². The molecule has 1 aromatic carbocycles. The largest absolute Gasteiger partial charge is 0.381 e. The first-order valence-corrected chi connectivity index (χ1v) is 12.6. The van der Waals surface area contributed by atoms with Crippen LogP contribution in [0.1, 0.15) is 47.2 Å². The van der Waals surface area contributed by atoms with Gasteiger partial charge in [0.15, 0.2) is 0 Å². The molecule has 0 atom stereocenters. The van der Waals surface area contributed by atoms with Crippen molar-refractivity contribution in [1.82, 2.24) is 15.2 Å². The molecule has 0 spiro atoms. The van der Waals surface area contributed by atoms with E-state index in [0.717, 1.165) is 75.2 Å². The van der Waals surface area contributed by atoms with Gasteiger partial charge in [-0.3, -0.25) is 19.5 Å². The van der Waals surface area contributed by atoms with E-state index in [2.05, 4.69) is 25.5 Å². The summed E-state index contributed by atoms with van der Waals surface area (Å²) in [5.74, 6) is -0.0929. The number of amides is 1. The minimum Gasteiger partial charge on any atom is -0.381 e. The maximum absolute atomic E-state index is 13.1. The number of H-pyrrole nitrogens is 1. The Hall–Kier alpha value is -2.75. The second-order valence-corrected chi connectivity index (χ2v) is 9.29. The summed E-state index contributed by atoms with van der Waals surface area (Å²) in [4.78, 5) is 35.4. The number of unbranched alkanes of at least 4 members (excludes halogenated alkanes) is 1. The number of aryl methyl sites for hydroxylation is 1. The molecule has 2 aromatic rings. The van der Waals surface area contributed by atoms with E-state index in [9.17, 15) is 9.59 Å². The number of nitrogens with one attached hydrogen (secondary N) is 3. The topological polar surface area (TPSA) is 108 Å². The predicted molar refractivity (Wildman–Crippen MR) is 139 cm³/mol. The van der Waals surface area contributed by atoms with E-state index in [-0.39, 0.29) is 17.5 Å². The zero-order valence-electron chi connectivity index (χ0n) is 20.8. The van der Waals surface area contributed by atoms with Gasteiger partial charge in [-0.25, -0.2) is 0 Å². The van der Waals surface area contributed by atoms with Gasteiger partial charge in [-0.15, -0.1) is 0 Å². The first-order valence-electron chi connectivity index (χ1n) is 12.6. The smallest absolute Gasteiger partial charge is 0.259 e. The van der Waals surface area contributed by atoms with Crippen molar-refractivity contribution >= 4 is 28.7 Å². The number of anilines is 1. The molecule has 2 aliphatic heterocycles. The van der Waals surface area contributed by atoms with Gasteiger partial charge in [0.05, 0.1) is 30.0 Å². The highest BCUT2D eigenvalue weighted by atomic mass is 16.5. The number of rotatable bonds is 9. The molecule has 2 saturated heterocycles. The Morgan fingerprint density at radius 1 is 1.17 bits per heavy atom. The molecule has 0 unspecified atom stereocenters. The number of hydrogen-bond acceptors (Lipinski definition) is 7. The molecule has 1 aromatic heterocycles. The summed E-state index contributed by atoms with van der Waals surface area (Å²) in [6.07, 6.45) is 5.27. The molecule has 0 bridgehead atoms. The van der Waals surface area contributed by atoms with E-state index < -0.39 is 0 Å². The van der Waals surface area contributed by atoms with Crippen LogP contribution >= 0.6 is 0 Å². The standard InChI is InChI=1S/C26H37N5O4/c1-18-15-23-21(16-20(18)25(32)28-7-3-4-8-31-9-13-35-14-10-31)24(22(17-27-2)26(33)30-23)29-19-5-11-34-12-6-19/h15-17,19H,3-14H2,1-2H3,(H,28,32)(H2,29,30,33)/b27-17-. The minimum atomic E-state index is -0.200. The number of aliphatic imine (C=N–C) groups is 1. The number of nitrogens with zero attached hydrogens (tertiary/aromatic N) is 2. The van der Waals surface area contributed by atoms with Crippen LogP contribution in [0, 0.1) is 6.92 Å². The average Bonchev–Trinajstić information content (AvgIpc) is 2.87. The summed E-state index contributed by atoms with van der Waals surface area (Å²) < 4.78 is 10.9. The fraction of sp³-hybridized carbons (Fsp3) is 0.577. The molecule has 2 fully saturated rings. The Labute approximate surface area is 206 Å². The second kappa shape index (κ2) is 12.3. The average molecular weight is 484 g/mol. The predicted octanol–water partition coefficient (Wildman–Crippen LogP) is 2.32. The number of fused-ring (bicyclic) bond motifs is 1. The number of hydrogen-bond donors (Lipinski definition) is 3. The van der Waals surface area contributed by atoms with Gasteiger partial charge in [0.1, 0.15) is 0 Å². The maximum atomic E-state index is 13.1. The van der Waals surface area contributed by atoms with Crippen LogP contribution < -0.4 is 16.2 Å². The highest BCUT2D eigenvalue weighted by Crippen LogP contribution is 2.28. The first kappa shape index (κ1) is 25.3. The SMILES string of the molecule is C/N=C\c1c(NC2CCOCC2)c2cc(C(=O)NCCCCN3CCOCC3)c(C)cc2[nH]c1=O. The number of ether oxygens (including phenoxy) is 2. The van der Waals surface area contributed by atoms with E-state index in [1.807, 2.05) is 19.1 Å². The molecule has 1 amide bonds. The monoisotopic (exact) mass is 483 g/mol. The van der Waals surface area contributed by atoms with Gasteiger partial charge in [-0.05, 0) is 56.8 Å². The number of morpholine rings is 1. The summed E-state index contributed by atoms with van der Waals surface area (Å²) in [7, 11) is 1.65. The summed E-state index contributed by atoms with van der Waals surface area (Å²) >= 11 is 0. The summed E-state index contributed by atoms with van der Waals surface area (Å²) in [6.45, 7) is 8.53. The van der Waals surface area contributed by atoms with E-state index in [1.54, 1.807) is 13.3 Å². The van der Waals surface area contributed by atoms with Crippen molar-refractivity contribution in [2.24, 2.45) is 4.99 Å². The van der Waals surface area contributed by atoms with E-state index in [4.69, 9.17) is 9.47 Å². The maximum Gasteiger partial charge on any atom is 0.259 e. The van der Waals surface area contributed by atoms with Crippen LogP contribution in [0.3, 0.4) is 0 Å². The Bertz CT molecular complexity index is 1100. The molecule has 0 radical (unpaired) electrons. The van der Waals surface area contributed by atoms with Gasteiger partial charge in [-0.2, -0.15) is 0 Å². The fourth-order valence-corrected chi connectivity index (χ4v) is 4.75. The Morgan fingerprint density at radius 3 is 2.66 bits per heavy atom. The van der Waals surface area contributed by atoms with Crippen LogP contribution in [0.15, 0.2) is 21.9 Å². The lowest BCUT2D eigenvalue weighted by Gasteiger charge is -2.26. The van der Waals surface area contributed by atoms with E-state index >= 15 is 0 Å². The van der Waals surface area contributed by atoms with Crippen molar-refractivity contribution in [1.29, 1.82) is 0 Å². The zero-order valence-corrected chi connectivity index (χ0v) is 20.8. The first-order chi connectivity index (χ1) is 17.1. The highest BCUT2D eigenvalue weighted by Gasteiger charge is 2.20. The van der Waals surface area contributed by atoms with Gasteiger partial charge in [-0.1, -0.05) is 0 Å². The Balaban J connectivity index is 1.51. The second-order valence-electron chi connectivity index (χ2n) is 9.29. The van der Waals surface area contributed by atoms with Crippen molar-refractivity contribution in [3.63, 3.8) is 0 Å². The lowest BCUT2D eigenvalue weighted by atomic mass is 10.00. The lowest BCUT2D eigenvalue weighted by molar-refractivity contribution is 0.0372. The summed E-state index contributed by atoms with van der Waals surface area (Å²) in [5.41, 5.74) is 3.15. The molecule has 4 rings (SSSR count). The molecule has 0 aliphatic carbocycles. The Morgan fingerprint density at radius 2 is 1.91 bits per heavy atom. The van der Waals surface area contributed by atoms with Crippen LogP contribution in [-0.4, -0.2) is 87.7 Å². The molecule has 190 valence electrons. The van der Waals surface area contributed by atoms with Gasteiger partial charge < -0.3 is 25.1 Å². The molecule has 3 heterocycles. The lowest BCUT2D eigenvalue weighted by Crippen LogP contribution is -2.37. The van der Waals surface area contributed by atoms with Gasteiger partial charge in [0.25, 0.3) is 11.5 Å². The number of aromatic nitrogens is 1. The molecule has 35 heavy (non-hydrogen) atoms. The molecular weight excluding hydrogens is 446 g/mol. The van der Waals surface area contributed by atoms with E-state index in [0.29, 0.717) is 36.4 Å². The zero-order chi connectivity index (χ0) is 24.6. The summed E-state index contributed by atoms with van der Waals surface area (Å²) in [6, 6.07) is 3.97. The van der Waals surface area contributed by atoms with Crippen LogP contribution in [0.2, 0.25) is 0 Å². The van der Waals surface area contributed by atoms with Crippen molar-refractivity contribution in [3.8, 4) is 0 Å². The molecule has 2 aliphatic rings. The molecule has 0 saturated carbocycles. The Kier molecular flexibility index (Phi) is 8.90. The van der Waals surface area contributed by atoms with Gasteiger partial charge >= 0.3 is 0 Å². The third-order valence-corrected chi connectivity index (χ3v) is 6.76.